The Hall–Kier alpha value is -1.88. The van der Waals surface area contributed by atoms with Crippen LogP contribution in [0.3, 0.4) is 0 Å². The Kier molecular flexibility index (Phi) is 4.16. The maximum absolute atomic E-state index is 13.6. The molecule has 2 rings (SSSR count). The predicted molar refractivity (Wildman–Crippen MR) is 76.0 cm³/mol. The van der Waals surface area contributed by atoms with Gasteiger partial charge in [0.25, 0.3) is 0 Å². The fourth-order valence-electron chi connectivity index (χ4n) is 1.56. The number of halogens is 2. The molecule has 0 aliphatic carbocycles. The van der Waals surface area contributed by atoms with Gasteiger partial charge in [-0.25, -0.2) is 4.39 Å². The molecule has 0 atom stereocenters. The fourth-order valence-corrected chi connectivity index (χ4v) is 1.89. The van der Waals surface area contributed by atoms with Gasteiger partial charge in [-0.3, -0.25) is 4.99 Å². The molecule has 98 valence electrons. The van der Waals surface area contributed by atoms with E-state index in [1.165, 1.54) is 25.5 Å². The van der Waals surface area contributed by atoms with Gasteiger partial charge in [-0.05, 0) is 30.3 Å². The lowest BCUT2D eigenvalue weighted by Gasteiger charge is -2.05. The fraction of sp³-hybridized carbons (Fsp3) is 0.0714. The summed E-state index contributed by atoms with van der Waals surface area (Å²) >= 11 is 3.17. The zero-order chi connectivity index (χ0) is 13.8. The second-order valence-corrected chi connectivity index (χ2v) is 4.66. The largest absolute Gasteiger partial charge is 0.507 e. The molecule has 2 aromatic rings. The zero-order valence-corrected chi connectivity index (χ0v) is 11.7. The summed E-state index contributed by atoms with van der Waals surface area (Å²) in [4.78, 5) is 4.03. The molecule has 0 bridgehead atoms. The van der Waals surface area contributed by atoms with Crippen molar-refractivity contribution in [2.24, 2.45) is 4.99 Å². The van der Waals surface area contributed by atoms with Crippen LogP contribution in [-0.2, 0) is 0 Å². The van der Waals surface area contributed by atoms with Crippen LogP contribution in [0.2, 0.25) is 0 Å². The van der Waals surface area contributed by atoms with E-state index in [-0.39, 0.29) is 11.4 Å². The van der Waals surface area contributed by atoms with Crippen LogP contribution in [0.25, 0.3) is 0 Å². The van der Waals surface area contributed by atoms with Crippen LogP contribution in [0.5, 0.6) is 11.5 Å². The lowest BCUT2D eigenvalue weighted by atomic mass is 10.2. The average Bonchev–Trinajstić information content (AvgIpc) is 2.39. The number of aromatic hydroxyl groups is 1. The Balaban J connectivity index is 2.37. The molecule has 19 heavy (non-hydrogen) atoms. The van der Waals surface area contributed by atoms with Gasteiger partial charge >= 0.3 is 0 Å². The van der Waals surface area contributed by atoms with Gasteiger partial charge in [0.1, 0.15) is 17.3 Å². The van der Waals surface area contributed by atoms with E-state index in [2.05, 4.69) is 20.9 Å². The van der Waals surface area contributed by atoms with E-state index in [1.54, 1.807) is 24.3 Å². The van der Waals surface area contributed by atoms with E-state index in [9.17, 15) is 9.50 Å². The van der Waals surface area contributed by atoms with Crippen LogP contribution in [0.15, 0.2) is 45.9 Å². The van der Waals surface area contributed by atoms with Crippen molar-refractivity contribution in [3.05, 3.63) is 52.3 Å². The summed E-state index contributed by atoms with van der Waals surface area (Å²) in [5.41, 5.74) is 0.598. The molecule has 0 radical (unpaired) electrons. The van der Waals surface area contributed by atoms with E-state index in [0.717, 1.165) is 0 Å². The third-order valence-electron chi connectivity index (χ3n) is 2.51. The van der Waals surface area contributed by atoms with Gasteiger partial charge in [0.2, 0.25) is 0 Å². The molecule has 0 amide bonds. The van der Waals surface area contributed by atoms with Crippen LogP contribution >= 0.6 is 15.9 Å². The number of methoxy groups -OCH3 is 1. The number of benzene rings is 2. The van der Waals surface area contributed by atoms with Gasteiger partial charge in [0.05, 0.1) is 18.4 Å². The number of aliphatic imine (C=N–C) groups is 1. The first kappa shape index (κ1) is 13.5. The predicted octanol–water partition coefficient (Wildman–Crippen LogP) is 4.05. The van der Waals surface area contributed by atoms with E-state index in [1.807, 2.05) is 0 Å². The number of phenolic OH excluding ortho intramolecular Hbond substituents is 1. The normalized spacial score (nSPS) is 10.9. The van der Waals surface area contributed by atoms with Crippen molar-refractivity contribution in [2.75, 3.05) is 7.11 Å². The summed E-state index contributed by atoms with van der Waals surface area (Å²) in [6.45, 7) is 0. The molecule has 0 spiro atoms. The topological polar surface area (TPSA) is 41.8 Å². The van der Waals surface area contributed by atoms with Crippen molar-refractivity contribution >= 4 is 27.8 Å². The van der Waals surface area contributed by atoms with Gasteiger partial charge in [-0.1, -0.05) is 22.0 Å². The Morgan fingerprint density at radius 1 is 1.32 bits per heavy atom. The molecular formula is C14H11BrFNO2. The highest BCUT2D eigenvalue weighted by Crippen LogP contribution is 2.27. The summed E-state index contributed by atoms with van der Waals surface area (Å²) in [7, 11) is 1.49. The summed E-state index contributed by atoms with van der Waals surface area (Å²) < 4.78 is 19.4. The molecule has 0 saturated carbocycles. The minimum Gasteiger partial charge on any atom is -0.507 e. The van der Waals surface area contributed by atoms with E-state index >= 15 is 0 Å². The van der Waals surface area contributed by atoms with Gasteiger partial charge in [0.15, 0.2) is 0 Å². The van der Waals surface area contributed by atoms with Gasteiger partial charge in [-0.15, -0.1) is 0 Å². The van der Waals surface area contributed by atoms with Crippen molar-refractivity contribution in [3.63, 3.8) is 0 Å². The molecule has 0 fully saturated rings. The number of ether oxygens (including phenoxy) is 1. The number of hydrogen-bond donors (Lipinski definition) is 1. The Morgan fingerprint density at radius 2 is 2.11 bits per heavy atom. The molecule has 0 aliphatic heterocycles. The minimum atomic E-state index is -0.444. The molecule has 0 aromatic heterocycles. The van der Waals surface area contributed by atoms with Crippen molar-refractivity contribution < 1.29 is 14.2 Å². The lowest BCUT2D eigenvalue weighted by Crippen LogP contribution is -1.91. The molecule has 0 unspecified atom stereocenters. The first-order valence-electron chi connectivity index (χ1n) is 5.47. The van der Waals surface area contributed by atoms with Crippen LogP contribution in [0.1, 0.15) is 5.56 Å². The van der Waals surface area contributed by atoms with Crippen molar-refractivity contribution in [2.45, 2.75) is 0 Å². The highest BCUT2D eigenvalue weighted by molar-refractivity contribution is 9.10. The van der Waals surface area contributed by atoms with Gasteiger partial charge in [-0.2, -0.15) is 0 Å². The van der Waals surface area contributed by atoms with E-state index < -0.39 is 5.82 Å². The smallest absolute Gasteiger partial charge is 0.149 e. The molecule has 1 N–H and O–H groups in total. The molecule has 0 saturated heterocycles. The average molecular weight is 324 g/mol. The van der Waals surface area contributed by atoms with Crippen molar-refractivity contribution in [1.29, 1.82) is 0 Å². The van der Waals surface area contributed by atoms with Crippen LogP contribution in [0.4, 0.5) is 10.1 Å². The van der Waals surface area contributed by atoms with Crippen LogP contribution in [0, 0.1) is 5.82 Å². The van der Waals surface area contributed by atoms with Crippen LogP contribution < -0.4 is 4.74 Å². The maximum atomic E-state index is 13.6. The Morgan fingerprint density at radius 3 is 2.79 bits per heavy atom. The second-order valence-electron chi connectivity index (χ2n) is 3.75. The third-order valence-corrected chi connectivity index (χ3v) is 3.00. The zero-order valence-electron chi connectivity index (χ0n) is 10.1. The molecule has 2 aromatic carbocycles. The van der Waals surface area contributed by atoms with Crippen LogP contribution in [-0.4, -0.2) is 18.4 Å². The minimum absolute atomic E-state index is 0.0284. The molecule has 0 aliphatic rings. The molecule has 3 nitrogen and oxygen atoms in total. The first-order valence-corrected chi connectivity index (χ1v) is 6.26. The quantitative estimate of drug-likeness (QED) is 0.866. The second kappa shape index (κ2) is 5.84. The standard InChI is InChI=1S/C14H11BrFNO2/c1-19-14-4-2-3-13(18)10(14)8-17-12-6-5-9(15)7-11(12)16/h2-8,18H,1H3. The third kappa shape index (κ3) is 3.12. The maximum Gasteiger partial charge on any atom is 0.149 e. The molecule has 0 heterocycles. The summed E-state index contributed by atoms with van der Waals surface area (Å²) in [6.07, 6.45) is 1.38. The highest BCUT2D eigenvalue weighted by Gasteiger charge is 2.06. The summed E-state index contributed by atoms with van der Waals surface area (Å²) in [5, 5.41) is 9.74. The Labute approximate surface area is 118 Å². The number of hydrogen-bond acceptors (Lipinski definition) is 3. The Bertz CT molecular complexity index is 629. The van der Waals surface area contributed by atoms with Crippen molar-refractivity contribution in [3.8, 4) is 11.5 Å². The van der Waals surface area contributed by atoms with Gasteiger partial charge in [0, 0.05) is 10.7 Å². The number of nitrogens with zero attached hydrogens (tertiary/aromatic N) is 1. The number of rotatable bonds is 3. The SMILES string of the molecule is COc1cccc(O)c1C=Nc1ccc(Br)cc1F. The van der Waals surface area contributed by atoms with E-state index in [4.69, 9.17) is 4.74 Å². The lowest BCUT2D eigenvalue weighted by molar-refractivity contribution is 0.406. The number of phenols is 1. The molecular weight excluding hydrogens is 313 g/mol. The summed E-state index contributed by atoms with van der Waals surface area (Å²) in [5.74, 6) is 0.0573. The van der Waals surface area contributed by atoms with Gasteiger partial charge < -0.3 is 9.84 Å². The highest BCUT2D eigenvalue weighted by atomic mass is 79.9. The van der Waals surface area contributed by atoms with E-state index in [0.29, 0.717) is 15.8 Å². The monoisotopic (exact) mass is 323 g/mol. The first-order chi connectivity index (χ1) is 9.11. The molecule has 5 heteroatoms. The summed E-state index contributed by atoms with van der Waals surface area (Å²) in [6, 6.07) is 9.43. The van der Waals surface area contributed by atoms with Crippen molar-refractivity contribution in [1.82, 2.24) is 0 Å².